The van der Waals surface area contributed by atoms with Crippen molar-refractivity contribution in [1.29, 1.82) is 0 Å². The van der Waals surface area contributed by atoms with Crippen LogP contribution in [0.5, 0.6) is 11.5 Å². The van der Waals surface area contributed by atoms with Crippen molar-refractivity contribution in [1.82, 2.24) is 19.9 Å². The fourth-order valence-electron chi connectivity index (χ4n) is 5.22. The molecule has 1 aromatic heterocycles. The molecule has 2 aromatic carbocycles. The Hall–Kier alpha value is -3.51. The molecule has 3 unspecified atom stereocenters. The quantitative estimate of drug-likeness (QED) is 0.1000. The first-order valence-corrected chi connectivity index (χ1v) is 18.7. The number of nitrogens with two attached hydrogens (primary N) is 1. The topological polar surface area (TPSA) is 192 Å². The van der Waals surface area contributed by atoms with E-state index in [1.165, 1.54) is 12.1 Å². The first-order chi connectivity index (χ1) is 22.9. The molecule has 260 valence electrons. The number of rotatable bonds is 15. The first kappa shape index (κ1) is 35.8. The number of halogens is 1. The third kappa shape index (κ3) is 9.34. The van der Waals surface area contributed by atoms with Crippen LogP contribution < -0.4 is 40.1 Å². The molecular weight excluding hydrogens is 731 g/mol. The van der Waals surface area contributed by atoms with Crippen LogP contribution in [0.3, 0.4) is 0 Å². The van der Waals surface area contributed by atoms with E-state index >= 15 is 0 Å². The highest BCUT2D eigenvalue weighted by atomic mass is 79.9. The minimum atomic E-state index is -3.56. The number of hydrazine groups is 1. The normalized spacial score (nSPS) is 19.4. The third-order valence-electron chi connectivity index (χ3n) is 7.28. The average molecular weight is 770 g/mol. The van der Waals surface area contributed by atoms with Gasteiger partial charge in [0.1, 0.15) is 36.6 Å². The molecule has 48 heavy (non-hydrogen) atoms. The summed E-state index contributed by atoms with van der Waals surface area (Å²) in [6, 6.07) is 14.6. The summed E-state index contributed by atoms with van der Waals surface area (Å²) in [4.78, 5) is 25.6. The van der Waals surface area contributed by atoms with Crippen LogP contribution in [0.2, 0.25) is 0 Å². The summed E-state index contributed by atoms with van der Waals surface area (Å²) in [7, 11) is -2.25. The Labute approximate surface area is 288 Å². The van der Waals surface area contributed by atoms with Crippen LogP contribution in [0, 0.1) is 5.92 Å². The van der Waals surface area contributed by atoms with Gasteiger partial charge in [-0.2, -0.15) is 9.97 Å². The number of nitrogens with one attached hydrogen (secondary N) is 3. The van der Waals surface area contributed by atoms with Gasteiger partial charge in [-0.25, -0.2) is 13.5 Å². The number of anilines is 4. The zero-order valence-corrected chi connectivity index (χ0v) is 30.0. The Morgan fingerprint density at radius 2 is 1.98 bits per heavy atom. The molecule has 4 atom stereocenters. The van der Waals surface area contributed by atoms with E-state index in [0.29, 0.717) is 36.1 Å². The zero-order valence-electron chi connectivity index (χ0n) is 26.8. The monoisotopic (exact) mass is 768 g/mol. The van der Waals surface area contributed by atoms with E-state index in [1.807, 2.05) is 35.2 Å². The highest BCUT2D eigenvalue weighted by Gasteiger charge is 2.41. The number of hydrogen-bond acceptors (Lipinski definition) is 15. The number of para-hydroxylation sites is 1. The van der Waals surface area contributed by atoms with Gasteiger partial charge in [0.15, 0.2) is 11.6 Å². The fraction of sp³-hybridized carbons (Fsp3) is 0.414. The number of ether oxygens (including phenoxy) is 3. The van der Waals surface area contributed by atoms with Crippen molar-refractivity contribution in [3.63, 3.8) is 0 Å². The third-order valence-corrected chi connectivity index (χ3v) is 9.59. The van der Waals surface area contributed by atoms with Crippen LogP contribution in [-0.2, 0) is 35.4 Å². The lowest BCUT2D eigenvalue weighted by molar-refractivity contribution is -0.143. The van der Waals surface area contributed by atoms with Gasteiger partial charge >= 0.3 is 14.5 Å². The van der Waals surface area contributed by atoms with Gasteiger partial charge in [-0.1, -0.05) is 41.1 Å². The summed E-state index contributed by atoms with van der Waals surface area (Å²) in [5.74, 6) is 1.52. The highest BCUT2D eigenvalue weighted by molar-refractivity contribution is 9.10. The van der Waals surface area contributed by atoms with Gasteiger partial charge in [-0.3, -0.25) is 9.80 Å². The van der Waals surface area contributed by atoms with Gasteiger partial charge in [0.25, 0.3) is 0 Å². The van der Waals surface area contributed by atoms with Crippen molar-refractivity contribution in [2.45, 2.75) is 32.3 Å². The lowest BCUT2D eigenvalue weighted by Gasteiger charge is -2.28. The van der Waals surface area contributed by atoms with Crippen molar-refractivity contribution in [2.24, 2.45) is 5.92 Å². The molecule has 0 spiro atoms. The van der Waals surface area contributed by atoms with Crippen LogP contribution in [0.4, 0.5) is 23.3 Å². The van der Waals surface area contributed by atoms with Crippen molar-refractivity contribution in [3.05, 3.63) is 58.6 Å². The Morgan fingerprint density at radius 1 is 1.23 bits per heavy atom. The summed E-state index contributed by atoms with van der Waals surface area (Å²) in [6.07, 6.45) is 1.02. The standard InChI is InChI=1S/C29H38BrN8O8PS/c1-18-13-22(45-28(18)38-17-32-25-26(34-29(31)35-27(25)38)37(2)36-48(4,40)41)16-44-47(46-21-11-9-20(30)10-12-21)33-14-24(39)43-15-19-7-5-6-8-23(19)42-3/h5-12,18,22,28,32-33,36H,13-17H2,1-4H3,(H2,31,34,35)/t18?,22?,28-,47?/m1/s1. The summed E-state index contributed by atoms with van der Waals surface area (Å²) in [5, 5.41) is 7.55. The predicted octanol–water partition coefficient (Wildman–Crippen LogP) is 3.33. The van der Waals surface area contributed by atoms with Gasteiger partial charge in [-0.15, -0.1) is 4.83 Å². The molecule has 0 aliphatic carbocycles. The second-order valence-corrected chi connectivity index (χ2v) is 15.0. The molecule has 3 aromatic rings. The van der Waals surface area contributed by atoms with Gasteiger partial charge in [-0.05, 0) is 36.8 Å². The molecule has 2 aliphatic rings. The number of benzene rings is 2. The number of carbonyl (C=O) groups excluding carboxylic acids is 1. The van der Waals surface area contributed by atoms with E-state index in [0.717, 1.165) is 16.3 Å². The first-order valence-electron chi connectivity index (χ1n) is 14.8. The number of esters is 1. The molecule has 19 heteroatoms. The number of nitrogen functional groups attached to an aromatic ring is 1. The number of hydrogen-bond donors (Lipinski definition) is 4. The molecule has 1 saturated heterocycles. The summed E-state index contributed by atoms with van der Waals surface area (Å²) >= 11 is 3.42. The van der Waals surface area contributed by atoms with Crippen LogP contribution in [0.1, 0.15) is 18.9 Å². The van der Waals surface area contributed by atoms with Gasteiger partial charge in [0.05, 0.1) is 32.7 Å². The van der Waals surface area contributed by atoms with Crippen LogP contribution in [-0.4, -0.2) is 76.9 Å². The molecule has 0 saturated carbocycles. The lowest BCUT2D eigenvalue weighted by Crippen LogP contribution is -2.39. The van der Waals surface area contributed by atoms with E-state index in [1.54, 1.807) is 25.3 Å². The molecule has 0 amide bonds. The number of sulfonamides is 1. The number of methoxy groups -OCH3 is 1. The molecule has 0 bridgehead atoms. The van der Waals surface area contributed by atoms with Crippen molar-refractivity contribution in [2.75, 3.05) is 61.2 Å². The molecule has 0 radical (unpaired) electrons. The van der Waals surface area contributed by atoms with Crippen molar-refractivity contribution >= 4 is 63.7 Å². The molecule has 5 rings (SSSR count). The number of fused-ring (bicyclic) bond motifs is 1. The molecular formula is C29H38BrN8O8PS. The highest BCUT2D eigenvalue weighted by Crippen LogP contribution is 2.43. The van der Waals surface area contributed by atoms with Gasteiger partial charge in [0, 0.05) is 23.0 Å². The summed E-state index contributed by atoms with van der Waals surface area (Å²) in [5.41, 5.74) is 7.29. The number of carbonyl (C=O) groups is 1. The van der Waals surface area contributed by atoms with Crippen LogP contribution in [0.25, 0.3) is 0 Å². The Balaban J connectivity index is 1.21. The molecule has 5 N–H and O–H groups in total. The predicted molar refractivity (Wildman–Crippen MR) is 185 cm³/mol. The number of aromatic nitrogens is 2. The lowest BCUT2D eigenvalue weighted by atomic mass is 10.1. The van der Waals surface area contributed by atoms with Gasteiger partial charge < -0.3 is 39.2 Å². The van der Waals surface area contributed by atoms with E-state index < -0.39 is 24.5 Å². The maximum Gasteiger partial charge on any atom is 0.320 e. The smallest absolute Gasteiger partial charge is 0.320 e. The SMILES string of the molecule is COc1ccccc1COC(=O)CNP(OCC1CC(C)[C@H](N2CNc3c(N(C)NS(C)(=O)=O)nc(N)nc32)O1)Oc1ccc(Br)cc1. The largest absolute Gasteiger partial charge is 0.496 e. The minimum Gasteiger partial charge on any atom is -0.496 e. The van der Waals surface area contributed by atoms with E-state index in [2.05, 4.69) is 48.1 Å². The van der Waals surface area contributed by atoms with Crippen LogP contribution >= 0.6 is 24.5 Å². The van der Waals surface area contributed by atoms with Crippen molar-refractivity contribution in [3.8, 4) is 11.5 Å². The minimum absolute atomic E-state index is 0.0200. The second kappa shape index (κ2) is 15.8. The zero-order chi connectivity index (χ0) is 34.4. The summed E-state index contributed by atoms with van der Waals surface area (Å²) < 4.78 is 54.0. The Bertz CT molecular complexity index is 1690. The van der Waals surface area contributed by atoms with E-state index in [4.69, 9.17) is 29.0 Å². The van der Waals surface area contributed by atoms with Gasteiger partial charge in [0.2, 0.25) is 16.0 Å². The number of nitrogens with zero attached hydrogens (tertiary/aromatic N) is 4. The molecule has 2 aliphatic heterocycles. The van der Waals surface area contributed by atoms with E-state index in [-0.39, 0.29) is 49.8 Å². The Morgan fingerprint density at radius 3 is 2.71 bits per heavy atom. The molecule has 1 fully saturated rings. The van der Waals surface area contributed by atoms with E-state index in [9.17, 15) is 13.2 Å². The van der Waals surface area contributed by atoms with Crippen molar-refractivity contribution < 1.29 is 36.5 Å². The van der Waals surface area contributed by atoms with Crippen LogP contribution in [0.15, 0.2) is 53.0 Å². The molecule has 16 nitrogen and oxygen atoms in total. The second-order valence-electron chi connectivity index (χ2n) is 11.1. The maximum atomic E-state index is 12.6. The maximum absolute atomic E-state index is 12.6. The molecule has 3 heterocycles. The average Bonchev–Trinajstić information content (AvgIpc) is 3.63. The fourth-order valence-corrected chi connectivity index (χ4v) is 7.15. The summed E-state index contributed by atoms with van der Waals surface area (Å²) in [6.45, 7) is 2.49. The Kier molecular flexibility index (Phi) is 11.8.